The van der Waals surface area contributed by atoms with E-state index < -0.39 is 0 Å². The number of aromatic nitrogens is 4. The van der Waals surface area contributed by atoms with E-state index in [1.54, 1.807) is 34.8 Å². The van der Waals surface area contributed by atoms with Crippen molar-refractivity contribution in [3.05, 3.63) is 35.9 Å². The number of carbonyl (C=O) groups is 1. The van der Waals surface area contributed by atoms with Crippen molar-refractivity contribution < 1.29 is 9.53 Å². The lowest BCUT2D eigenvalue weighted by molar-refractivity contribution is -0.124. The highest BCUT2D eigenvalue weighted by atomic mass is 32.1. The quantitative estimate of drug-likeness (QED) is 0.485. The van der Waals surface area contributed by atoms with Crippen molar-refractivity contribution >= 4 is 38.7 Å². The number of ether oxygens (including phenoxy) is 1. The van der Waals surface area contributed by atoms with Crippen molar-refractivity contribution in [3.63, 3.8) is 0 Å². The van der Waals surface area contributed by atoms with E-state index in [-0.39, 0.29) is 11.8 Å². The van der Waals surface area contributed by atoms with E-state index in [1.165, 1.54) is 6.33 Å². The normalized spacial score (nSPS) is 15.8. The fourth-order valence-electron chi connectivity index (χ4n) is 4.29. The number of likely N-dealkylation sites (tertiary alicyclic amines) is 1. The summed E-state index contributed by atoms with van der Waals surface area (Å²) in [4.78, 5) is 24.2. The lowest BCUT2D eigenvalue weighted by Crippen LogP contribution is -2.27. The Balaban J connectivity index is 1.63. The maximum absolute atomic E-state index is 12.2. The maximum atomic E-state index is 12.2. The molecule has 0 spiro atoms. The molecule has 1 amide bonds. The van der Waals surface area contributed by atoms with Gasteiger partial charge in [-0.25, -0.2) is 14.5 Å². The summed E-state index contributed by atoms with van der Waals surface area (Å²) in [7, 11) is 1.68. The molecule has 1 aromatic carbocycles. The minimum absolute atomic E-state index is 0.0410. The van der Waals surface area contributed by atoms with Crippen molar-refractivity contribution in [2.45, 2.75) is 26.2 Å². The second kappa shape index (κ2) is 7.80. The number of nitrogen functional groups attached to an aromatic ring is 1. The van der Waals surface area contributed by atoms with Crippen LogP contribution in [0.3, 0.4) is 0 Å². The van der Waals surface area contributed by atoms with Crippen LogP contribution in [0.1, 0.15) is 30.7 Å². The largest absolute Gasteiger partial charge is 0.495 e. The molecule has 0 bridgehead atoms. The molecule has 4 heterocycles. The number of imidazole rings is 1. The average molecular weight is 447 g/mol. The zero-order valence-corrected chi connectivity index (χ0v) is 18.9. The van der Waals surface area contributed by atoms with Gasteiger partial charge in [0.1, 0.15) is 29.1 Å². The number of nitrogens with zero attached hydrogens (tertiary/aromatic N) is 5. The number of benzene rings is 1. The number of fused-ring (bicyclic) bond motifs is 2. The number of aryl methyl sites for hydroxylation is 1. The summed E-state index contributed by atoms with van der Waals surface area (Å²) in [6, 6.07) is 6.27. The number of carbonyl (C=O) groups excluding carboxylic acids is 1. The molecule has 1 aliphatic rings. The second-order valence-corrected chi connectivity index (χ2v) is 8.88. The van der Waals surface area contributed by atoms with Crippen LogP contribution in [0.5, 0.6) is 5.75 Å². The van der Waals surface area contributed by atoms with Crippen molar-refractivity contribution in [1.29, 1.82) is 0 Å². The molecule has 3 aromatic heterocycles. The summed E-state index contributed by atoms with van der Waals surface area (Å²) in [6.07, 6.45) is 2.23. The molecule has 1 saturated heterocycles. The summed E-state index contributed by atoms with van der Waals surface area (Å²) in [5, 5.41) is 5.55. The Hall–Kier alpha value is -3.64. The first-order valence-corrected chi connectivity index (χ1v) is 11.1. The van der Waals surface area contributed by atoms with Gasteiger partial charge < -0.3 is 15.4 Å². The summed E-state index contributed by atoms with van der Waals surface area (Å²) in [5.41, 5.74) is 8.84. The van der Waals surface area contributed by atoms with Crippen molar-refractivity contribution in [2.24, 2.45) is 0 Å². The van der Waals surface area contributed by atoms with Crippen LogP contribution in [-0.4, -0.2) is 50.6 Å². The van der Waals surface area contributed by atoms with Gasteiger partial charge >= 0.3 is 0 Å². The van der Waals surface area contributed by atoms with E-state index in [0.717, 1.165) is 44.2 Å². The highest BCUT2D eigenvalue weighted by Crippen LogP contribution is 2.42. The number of thiophene rings is 1. The van der Waals surface area contributed by atoms with Crippen LogP contribution in [0.2, 0.25) is 0 Å². The second-order valence-electron chi connectivity index (χ2n) is 7.83. The Labute approximate surface area is 189 Å². The van der Waals surface area contributed by atoms with E-state index in [1.807, 2.05) is 13.0 Å². The van der Waals surface area contributed by atoms with Gasteiger partial charge in [0, 0.05) is 19.0 Å². The van der Waals surface area contributed by atoms with Gasteiger partial charge in [0.05, 0.1) is 16.7 Å². The van der Waals surface area contributed by atoms with E-state index in [4.69, 9.17) is 15.5 Å². The minimum Gasteiger partial charge on any atom is -0.495 e. The van der Waals surface area contributed by atoms with Crippen LogP contribution in [0.4, 0.5) is 5.82 Å². The van der Waals surface area contributed by atoms with E-state index >= 15 is 0 Å². The monoisotopic (exact) mass is 446 g/mol. The first-order chi connectivity index (χ1) is 15.5. The third-order valence-electron chi connectivity index (χ3n) is 5.74. The molecule has 9 heteroatoms. The Morgan fingerprint density at radius 1 is 1.34 bits per heavy atom. The van der Waals surface area contributed by atoms with Gasteiger partial charge in [0.2, 0.25) is 0 Å². The van der Waals surface area contributed by atoms with Gasteiger partial charge in [-0.3, -0.25) is 4.79 Å². The molecule has 1 fully saturated rings. The lowest BCUT2D eigenvalue weighted by Gasteiger charge is -2.12. The van der Waals surface area contributed by atoms with E-state index in [2.05, 4.69) is 34.1 Å². The van der Waals surface area contributed by atoms with Gasteiger partial charge in [-0.05, 0) is 49.3 Å². The SMILES string of the molecule is CC#CC(=O)N1CC[C@H](c2nc(-c3cc4cc(C)cc(OC)c4s3)c3c(N)ncnn23)C1. The standard InChI is InChI=1S/C23H22N6O2S/c1-4-5-18(30)28-7-6-14(11-28)23-27-19(20-22(24)25-12-26-29(20)23)17-10-15-8-13(2)9-16(31-3)21(15)32-17/h8-10,12,14H,6-7,11H2,1-3H3,(H2,24,25,26)/t14-/m0/s1. The summed E-state index contributed by atoms with van der Waals surface area (Å²) < 4.78 is 8.43. The Bertz CT molecular complexity index is 1430. The first kappa shape index (κ1) is 20.3. The molecule has 4 aromatic rings. The molecular formula is C23H22N6O2S. The van der Waals surface area contributed by atoms with Gasteiger partial charge in [-0.2, -0.15) is 5.10 Å². The Kier molecular flexibility index (Phi) is 4.94. The highest BCUT2D eigenvalue weighted by Gasteiger charge is 2.32. The average Bonchev–Trinajstić information content (AvgIpc) is 3.49. The van der Waals surface area contributed by atoms with Gasteiger partial charge in [0.25, 0.3) is 5.91 Å². The number of anilines is 1. The van der Waals surface area contributed by atoms with Crippen LogP contribution in [0, 0.1) is 18.8 Å². The van der Waals surface area contributed by atoms with Crippen LogP contribution in [0.25, 0.3) is 26.2 Å². The Morgan fingerprint density at radius 3 is 2.97 bits per heavy atom. The van der Waals surface area contributed by atoms with Gasteiger partial charge in [0.15, 0.2) is 5.82 Å². The number of nitrogens with two attached hydrogens (primary N) is 1. The number of hydrogen-bond donors (Lipinski definition) is 1. The molecule has 0 saturated carbocycles. The molecule has 0 radical (unpaired) electrons. The molecule has 0 aliphatic carbocycles. The molecule has 2 N–H and O–H groups in total. The Morgan fingerprint density at radius 2 is 2.19 bits per heavy atom. The molecule has 162 valence electrons. The molecule has 0 unspecified atom stereocenters. The van der Waals surface area contributed by atoms with Crippen LogP contribution in [0.15, 0.2) is 24.5 Å². The fraction of sp³-hybridized carbons (Fsp3) is 0.304. The van der Waals surface area contributed by atoms with Gasteiger partial charge in [-0.1, -0.05) is 12.0 Å². The zero-order valence-electron chi connectivity index (χ0n) is 18.0. The van der Waals surface area contributed by atoms with E-state index in [0.29, 0.717) is 24.4 Å². The molecule has 32 heavy (non-hydrogen) atoms. The van der Waals surface area contributed by atoms with E-state index in [9.17, 15) is 4.79 Å². The van der Waals surface area contributed by atoms with Crippen LogP contribution in [-0.2, 0) is 4.79 Å². The zero-order chi connectivity index (χ0) is 22.4. The fourth-order valence-corrected chi connectivity index (χ4v) is 5.41. The first-order valence-electron chi connectivity index (χ1n) is 10.3. The summed E-state index contributed by atoms with van der Waals surface area (Å²) in [5.74, 6) is 7.18. The number of methoxy groups -OCH3 is 1. The van der Waals surface area contributed by atoms with Crippen molar-refractivity contribution in [1.82, 2.24) is 24.5 Å². The molecular weight excluding hydrogens is 424 g/mol. The summed E-state index contributed by atoms with van der Waals surface area (Å²) >= 11 is 1.61. The maximum Gasteiger partial charge on any atom is 0.298 e. The summed E-state index contributed by atoms with van der Waals surface area (Å²) in [6.45, 7) is 4.91. The van der Waals surface area contributed by atoms with Gasteiger partial charge in [-0.15, -0.1) is 11.3 Å². The van der Waals surface area contributed by atoms with Crippen LogP contribution < -0.4 is 10.5 Å². The van der Waals surface area contributed by atoms with Crippen molar-refractivity contribution in [2.75, 3.05) is 25.9 Å². The molecule has 1 atom stereocenters. The number of hydrogen-bond acceptors (Lipinski definition) is 7. The highest BCUT2D eigenvalue weighted by molar-refractivity contribution is 7.22. The minimum atomic E-state index is -0.155. The smallest absolute Gasteiger partial charge is 0.298 e. The lowest BCUT2D eigenvalue weighted by atomic mass is 10.1. The topological polar surface area (TPSA) is 98.6 Å². The third kappa shape index (κ3) is 3.24. The number of rotatable bonds is 3. The molecule has 1 aliphatic heterocycles. The van der Waals surface area contributed by atoms with Crippen molar-refractivity contribution in [3.8, 4) is 28.2 Å². The predicted octanol–water partition coefficient (Wildman–Crippen LogP) is 3.24. The molecule has 8 nitrogen and oxygen atoms in total. The third-order valence-corrected chi connectivity index (χ3v) is 6.91. The van der Waals surface area contributed by atoms with Crippen LogP contribution >= 0.6 is 11.3 Å². The molecule has 5 rings (SSSR count). The predicted molar refractivity (Wildman–Crippen MR) is 125 cm³/mol. The number of amides is 1.